The molecule has 0 saturated carbocycles. The van der Waals surface area contributed by atoms with Crippen LogP contribution < -0.4 is 10.0 Å². The van der Waals surface area contributed by atoms with Crippen molar-refractivity contribution in [2.45, 2.75) is 11.8 Å². The topological polar surface area (TPSA) is 105 Å². The molecule has 0 bridgehead atoms. The first-order valence-electron chi connectivity index (χ1n) is 5.51. The number of aliphatic imine (C=N–C) groups is 1. The molecule has 1 heterocycles. The van der Waals surface area contributed by atoms with Gasteiger partial charge in [0.1, 0.15) is 0 Å². The van der Waals surface area contributed by atoms with Gasteiger partial charge in [-0.25, -0.2) is 17.9 Å². The number of carbonyl (C=O) groups excluding carboxylic acids is 2. The highest BCUT2D eigenvalue weighted by Gasteiger charge is 2.21. The molecule has 0 spiro atoms. The quantitative estimate of drug-likeness (QED) is 0.832. The Morgan fingerprint density at radius 3 is 2.55 bits per heavy atom. The van der Waals surface area contributed by atoms with E-state index >= 15 is 0 Å². The molecule has 7 nitrogen and oxygen atoms in total. The number of urea groups is 1. The van der Waals surface area contributed by atoms with Gasteiger partial charge in [0, 0.05) is 0 Å². The zero-order valence-electron chi connectivity index (χ0n) is 10.4. The minimum absolute atomic E-state index is 0.0280. The van der Waals surface area contributed by atoms with E-state index in [2.05, 4.69) is 10.3 Å². The first-order chi connectivity index (χ1) is 9.37. The van der Waals surface area contributed by atoms with Crippen molar-refractivity contribution in [2.75, 3.05) is 5.75 Å². The SMILES string of the molecule is Cc1ccc(S(=O)(=O)NC(=O)N=C2NC(=O)CS2)cc1. The number of amidine groups is 1. The Hall–Kier alpha value is -1.87. The van der Waals surface area contributed by atoms with Gasteiger partial charge < -0.3 is 5.32 Å². The van der Waals surface area contributed by atoms with Crippen molar-refractivity contribution in [1.29, 1.82) is 0 Å². The number of sulfonamides is 1. The number of hydrogen-bond donors (Lipinski definition) is 2. The van der Waals surface area contributed by atoms with Gasteiger partial charge in [-0.05, 0) is 19.1 Å². The second kappa shape index (κ2) is 5.63. The number of hydrogen-bond acceptors (Lipinski definition) is 5. The van der Waals surface area contributed by atoms with E-state index in [-0.39, 0.29) is 21.7 Å². The van der Waals surface area contributed by atoms with E-state index in [1.165, 1.54) is 12.1 Å². The van der Waals surface area contributed by atoms with Crippen molar-refractivity contribution in [3.05, 3.63) is 29.8 Å². The van der Waals surface area contributed by atoms with Crippen molar-refractivity contribution in [3.8, 4) is 0 Å². The lowest BCUT2D eigenvalue weighted by atomic mass is 10.2. The van der Waals surface area contributed by atoms with Crippen LogP contribution in [0.5, 0.6) is 0 Å². The highest BCUT2D eigenvalue weighted by Crippen LogP contribution is 2.11. The molecule has 1 fully saturated rings. The zero-order chi connectivity index (χ0) is 14.8. The summed E-state index contributed by atoms with van der Waals surface area (Å²) in [5.41, 5.74) is 0.903. The average Bonchev–Trinajstić information content (AvgIpc) is 2.74. The van der Waals surface area contributed by atoms with E-state index in [1.807, 2.05) is 11.6 Å². The number of aryl methyl sites for hydroxylation is 1. The van der Waals surface area contributed by atoms with Gasteiger partial charge >= 0.3 is 6.03 Å². The van der Waals surface area contributed by atoms with E-state index in [0.29, 0.717) is 0 Å². The second-order valence-corrected chi connectivity index (χ2v) is 6.62. The molecule has 1 saturated heterocycles. The number of nitrogens with zero attached hydrogens (tertiary/aromatic N) is 1. The van der Waals surface area contributed by atoms with Crippen LogP contribution in [0.2, 0.25) is 0 Å². The van der Waals surface area contributed by atoms with Gasteiger partial charge in [0.25, 0.3) is 10.0 Å². The first-order valence-corrected chi connectivity index (χ1v) is 7.98. The summed E-state index contributed by atoms with van der Waals surface area (Å²) in [6.07, 6.45) is 0. The van der Waals surface area contributed by atoms with Crippen LogP contribution >= 0.6 is 11.8 Å². The molecule has 0 aromatic heterocycles. The lowest BCUT2D eigenvalue weighted by molar-refractivity contribution is -0.116. The molecule has 1 aliphatic rings. The summed E-state index contributed by atoms with van der Waals surface area (Å²) >= 11 is 1.04. The Labute approximate surface area is 119 Å². The third-order valence-corrected chi connectivity index (χ3v) is 4.55. The van der Waals surface area contributed by atoms with Crippen molar-refractivity contribution in [3.63, 3.8) is 0 Å². The summed E-state index contributed by atoms with van der Waals surface area (Å²) in [7, 11) is -3.96. The first kappa shape index (κ1) is 14.5. The van der Waals surface area contributed by atoms with Crippen LogP contribution in [0, 0.1) is 6.92 Å². The number of carbonyl (C=O) groups is 2. The minimum Gasteiger partial charge on any atom is -0.304 e. The Bertz CT molecular complexity index is 680. The number of thioether (sulfide) groups is 1. The Morgan fingerprint density at radius 1 is 1.35 bits per heavy atom. The van der Waals surface area contributed by atoms with Crippen molar-refractivity contribution >= 4 is 38.9 Å². The molecule has 106 valence electrons. The number of nitrogens with one attached hydrogen (secondary N) is 2. The van der Waals surface area contributed by atoms with Crippen molar-refractivity contribution in [2.24, 2.45) is 4.99 Å². The van der Waals surface area contributed by atoms with Gasteiger partial charge in [-0.3, -0.25) is 4.79 Å². The average molecular weight is 313 g/mol. The molecule has 2 rings (SSSR count). The van der Waals surface area contributed by atoms with Gasteiger partial charge in [-0.2, -0.15) is 4.99 Å². The highest BCUT2D eigenvalue weighted by molar-refractivity contribution is 8.15. The van der Waals surface area contributed by atoms with Crippen LogP contribution in [-0.2, 0) is 14.8 Å². The van der Waals surface area contributed by atoms with Gasteiger partial charge in [0.2, 0.25) is 5.91 Å². The smallest absolute Gasteiger partial charge is 0.304 e. The van der Waals surface area contributed by atoms with Crippen LogP contribution in [0.4, 0.5) is 4.79 Å². The number of amides is 3. The summed E-state index contributed by atoms with van der Waals surface area (Å²) < 4.78 is 25.6. The lowest BCUT2D eigenvalue weighted by Gasteiger charge is -2.04. The van der Waals surface area contributed by atoms with E-state index in [1.54, 1.807) is 12.1 Å². The molecule has 0 unspecified atom stereocenters. The van der Waals surface area contributed by atoms with E-state index < -0.39 is 16.1 Å². The summed E-state index contributed by atoms with van der Waals surface area (Å²) in [6.45, 7) is 1.82. The lowest BCUT2D eigenvalue weighted by Crippen LogP contribution is -2.30. The number of benzene rings is 1. The van der Waals surface area contributed by atoms with Crippen LogP contribution in [0.25, 0.3) is 0 Å². The fraction of sp³-hybridized carbons (Fsp3) is 0.182. The maximum absolute atomic E-state index is 11.9. The monoisotopic (exact) mass is 313 g/mol. The van der Waals surface area contributed by atoms with Gasteiger partial charge in [-0.15, -0.1) is 0 Å². The van der Waals surface area contributed by atoms with Crippen LogP contribution in [0.15, 0.2) is 34.2 Å². The molecule has 20 heavy (non-hydrogen) atoms. The summed E-state index contributed by atoms with van der Waals surface area (Å²) in [5, 5.41) is 2.43. The molecular weight excluding hydrogens is 302 g/mol. The van der Waals surface area contributed by atoms with Gasteiger partial charge in [0.05, 0.1) is 10.6 Å². The zero-order valence-corrected chi connectivity index (χ0v) is 12.0. The summed E-state index contributed by atoms with van der Waals surface area (Å²) in [4.78, 5) is 25.9. The fourth-order valence-electron chi connectivity index (χ4n) is 1.39. The van der Waals surface area contributed by atoms with E-state index in [9.17, 15) is 18.0 Å². The van der Waals surface area contributed by atoms with E-state index in [0.717, 1.165) is 17.3 Å². The molecule has 0 atom stereocenters. The molecular formula is C11H11N3O4S2. The third-order valence-electron chi connectivity index (χ3n) is 2.34. The Morgan fingerprint density at radius 2 is 2.00 bits per heavy atom. The standard InChI is InChI=1S/C11H11N3O4S2/c1-7-2-4-8(5-3-7)20(17,18)14-10(16)13-11-12-9(15)6-19-11/h2-5H,6H2,1H3,(H2,12,13,14,15,16). The molecule has 2 N–H and O–H groups in total. The molecule has 9 heteroatoms. The normalized spacial score (nSPS) is 17.1. The molecule has 0 radical (unpaired) electrons. The van der Waals surface area contributed by atoms with Crippen LogP contribution in [-0.4, -0.2) is 31.3 Å². The maximum atomic E-state index is 11.9. The van der Waals surface area contributed by atoms with Gasteiger partial charge in [-0.1, -0.05) is 29.5 Å². The Balaban J connectivity index is 2.10. The second-order valence-electron chi connectivity index (χ2n) is 3.98. The van der Waals surface area contributed by atoms with Crippen LogP contribution in [0.3, 0.4) is 0 Å². The largest absolute Gasteiger partial charge is 0.357 e. The summed E-state index contributed by atoms with van der Waals surface area (Å²) in [5.74, 6) is -0.112. The molecule has 1 aromatic rings. The third kappa shape index (κ3) is 3.58. The molecule has 3 amide bonds. The minimum atomic E-state index is -3.96. The highest BCUT2D eigenvalue weighted by atomic mass is 32.2. The predicted molar refractivity (Wildman–Crippen MR) is 74.9 cm³/mol. The van der Waals surface area contributed by atoms with Crippen molar-refractivity contribution < 1.29 is 18.0 Å². The fourth-order valence-corrected chi connectivity index (χ4v) is 2.95. The van der Waals surface area contributed by atoms with E-state index in [4.69, 9.17) is 0 Å². The molecule has 0 aliphatic carbocycles. The Kier molecular flexibility index (Phi) is 4.09. The molecule has 1 aliphatic heterocycles. The van der Waals surface area contributed by atoms with Crippen molar-refractivity contribution in [1.82, 2.24) is 10.0 Å². The summed E-state index contributed by atoms with van der Waals surface area (Å²) in [6, 6.07) is 4.99. The van der Waals surface area contributed by atoms with Gasteiger partial charge in [0.15, 0.2) is 5.17 Å². The van der Waals surface area contributed by atoms with Crippen LogP contribution in [0.1, 0.15) is 5.56 Å². The number of rotatable bonds is 2. The molecule has 1 aromatic carbocycles. The predicted octanol–water partition coefficient (Wildman–Crippen LogP) is 0.612. The maximum Gasteiger partial charge on any atom is 0.357 e.